The van der Waals surface area contributed by atoms with Gasteiger partial charge in [-0.05, 0) is 37.3 Å². The monoisotopic (exact) mass is 342 g/mol. The standard InChI is InChI=1S/C17H15ClN4O2/c1-12(24-15-8-3-2-6-13(15)18)17(23)21-14-7-4-9-19-16(14)22-11-5-10-20-22/h2-12H,1H3,(H,21,23)/t12-/m1/s1. The van der Waals surface area contributed by atoms with Gasteiger partial charge in [0.05, 0.1) is 10.7 Å². The van der Waals surface area contributed by atoms with E-state index in [0.717, 1.165) is 0 Å². The first kappa shape index (κ1) is 16.0. The predicted molar refractivity (Wildman–Crippen MR) is 91.5 cm³/mol. The molecule has 0 fully saturated rings. The quantitative estimate of drug-likeness (QED) is 0.772. The van der Waals surface area contributed by atoms with Crippen molar-refractivity contribution >= 4 is 23.2 Å². The number of carbonyl (C=O) groups is 1. The molecule has 1 atom stereocenters. The Morgan fingerprint density at radius 2 is 2.04 bits per heavy atom. The van der Waals surface area contributed by atoms with Crippen molar-refractivity contribution in [3.05, 3.63) is 66.1 Å². The Morgan fingerprint density at radius 1 is 1.21 bits per heavy atom. The molecule has 1 aromatic carbocycles. The molecule has 1 amide bonds. The van der Waals surface area contributed by atoms with Crippen LogP contribution in [0.5, 0.6) is 5.75 Å². The Balaban J connectivity index is 1.75. The normalized spacial score (nSPS) is 11.8. The molecule has 0 aliphatic heterocycles. The fourth-order valence-corrected chi connectivity index (χ4v) is 2.27. The van der Waals surface area contributed by atoms with E-state index < -0.39 is 6.10 Å². The fraction of sp³-hybridized carbons (Fsp3) is 0.118. The molecule has 122 valence electrons. The maximum absolute atomic E-state index is 12.4. The number of benzene rings is 1. The average molecular weight is 343 g/mol. The Morgan fingerprint density at radius 3 is 2.79 bits per heavy atom. The second-order valence-corrected chi connectivity index (χ2v) is 5.41. The number of pyridine rings is 1. The number of rotatable bonds is 5. The van der Waals surface area contributed by atoms with E-state index in [1.165, 1.54) is 0 Å². The van der Waals surface area contributed by atoms with Gasteiger partial charge in [-0.3, -0.25) is 4.79 Å². The summed E-state index contributed by atoms with van der Waals surface area (Å²) in [5.74, 6) is 0.678. The van der Waals surface area contributed by atoms with Gasteiger partial charge in [-0.2, -0.15) is 5.10 Å². The van der Waals surface area contributed by atoms with Crippen LogP contribution in [-0.4, -0.2) is 26.8 Å². The number of para-hydroxylation sites is 1. The van der Waals surface area contributed by atoms with E-state index in [9.17, 15) is 4.79 Å². The van der Waals surface area contributed by atoms with Gasteiger partial charge in [0, 0.05) is 18.6 Å². The maximum atomic E-state index is 12.4. The lowest BCUT2D eigenvalue weighted by molar-refractivity contribution is -0.122. The smallest absolute Gasteiger partial charge is 0.265 e. The highest BCUT2D eigenvalue weighted by molar-refractivity contribution is 6.32. The van der Waals surface area contributed by atoms with Crippen molar-refractivity contribution in [3.8, 4) is 11.6 Å². The van der Waals surface area contributed by atoms with E-state index in [2.05, 4.69) is 15.4 Å². The summed E-state index contributed by atoms with van der Waals surface area (Å²) >= 11 is 6.05. The van der Waals surface area contributed by atoms with Crippen molar-refractivity contribution in [2.45, 2.75) is 13.0 Å². The molecule has 0 unspecified atom stereocenters. The summed E-state index contributed by atoms with van der Waals surface area (Å²) in [4.78, 5) is 16.7. The van der Waals surface area contributed by atoms with Crippen LogP contribution in [0.15, 0.2) is 61.1 Å². The topological polar surface area (TPSA) is 69.0 Å². The Hall–Kier alpha value is -2.86. The van der Waals surface area contributed by atoms with Crippen molar-refractivity contribution in [3.63, 3.8) is 0 Å². The highest BCUT2D eigenvalue weighted by Gasteiger charge is 2.18. The third-order valence-corrected chi connectivity index (χ3v) is 3.59. The molecule has 1 N–H and O–H groups in total. The number of anilines is 1. The molecule has 3 aromatic rings. The van der Waals surface area contributed by atoms with Crippen LogP contribution in [0.25, 0.3) is 5.82 Å². The number of hydrogen-bond acceptors (Lipinski definition) is 4. The Kier molecular flexibility index (Phi) is 4.77. The number of ether oxygens (including phenoxy) is 1. The van der Waals surface area contributed by atoms with Gasteiger partial charge in [-0.1, -0.05) is 23.7 Å². The van der Waals surface area contributed by atoms with Gasteiger partial charge < -0.3 is 10.1 Å². The number of hydrogen-bond donors (Lipinski definition) is 1. The molecule has 7 heteroatoms. The summed E-state index contributed by atoms with van der Waals surface area (Å²) in [7, 11) is 0. The number of nitrogens with zero attached hydrogens (tertiary/aromatic N) is 3. The summed E-state index contributed by atoms with van der Waals surface area (Å²) in [5.41, 5.74) is 0.542. The van der Waals surface area contributed by atoms with Gasteiger partial charge in [-0.25, -0.2) is 9.67 Å². The molecule has 0 saturated heterocycles. The number of carbonyl (C=O) groups excluding carboxylic acids is 1. The lowest BCUT2D eigenvalue weighted by atomic mass is 10.3. The summed E-state index contributed by atoms with van der Waals surface area (Å²) < 4.78 is 7.20. The number of halogens is 1. The van der Waals surface area contributed by atoms with Crippen molar-refractivity contribution in [1.29, 1.82) is 0 Å². The zero-order valence-corrected chi connectivity index (χ0v) is 13.6. The lowest BCUT2D eigenvalue weighted by Crippen LogP contribution is -2.30. The predicted octanol–water partition coefficient (Wildman–Crippen LogP) is 3.33. The minimum absolute atomic E-state index is 0.309. The van der Waals surface area contributed by atoms with Crippen LogP contribution in [0.1, 0.15) is 6.92 Å². The van der Waals surface area contributed by atoms with Crippen LogP contribution in [0.3, 0.4) is 0 Å². The third kappa shape index (κ3) is 3.55. The molecular formula is C17H15ClN4O2. The summed E-state index contributed by atoms with van der Waals surface area (Å²) in [5, 5.41) is 7.40. The van der Waals surface area contributed by atoms with E-state index in [1.54, 1.807) is 72.7 Å². The molecule has 0 saturated carbocycles. The van der Waals surface area contributed by atoms with E-state index in [1.807, 2.05) is 0 Å². The van der Waals surface area contributed by atoms with Gasteiger partial charge in [0.25, 0.3) is 5.91 Å². The van der Waals surface area contributed by atoms with E-state index in [0.29, 0.717) is 22.3 Å². The zero-order chi connectivity index (χ0) is 16.9. The highest BCUT2D eigenvalue weighted by atomic mass is 35.5. The van der Waals surface area contributed by atoms with Crippen molar-refractivity contribution in [1.82, 2.24) is 14.8 Å². The Labute approximate surface area is 144 Å². The van der Waals surface area contributed by atoms with Gasteiger partial charge in [0.15, 0.2) is 11.9 Å². The van der Waals surface area contributed by atoms with Gasteiger partial charge >= 0.3 is 0 Å². The lowest BCUT2D eigenvalue weighted by Gasteiger charge is -2.16. The van der Waals surface area contributed by atoms with E-state index in [4.69, 9.17) is 16.3 Å². The first-order valence-electron chi connectivity index (χ1n) is 7.32. The van der Waals surface area contributed by atoms with Gasteiger partial charge in [0.2, 0.25) is 0 Å². The SMILES string of the molecule is C[C@@H](Oc1ccccc1Cl)C(=O)Nc1cccnc1-n1cccn1. The van der Waals surface area contributed by atoms with Gasteiger partial charge in [0.1, 0.15) is 5.75 Å². The minimum atomic E-state index is -0.726. The number of aromatic nitrogens is 3. The van der Waals surface area contributed by atoms with Gasteiger partial charge in [-0.15, -0.1) is 0 Å². The number of nitrogens with one attached hydrogen (secondary N) is 1. The molecule has 0 aliphatic rings. The molecule has 0 aliphatic carbocycles. The second-order valence-electron chi connectivity index (χ2n) is 5.00. The van der Waals surface area contributed by atoms with Crippen LogP contribution < -0.4 is 10.1 Å². The van der Waals surface area contributed by atoms with Crippen molar-refractivity contribution in [2.24, 2.45) is 0 Å². The summed E-state index contributed by atoms with van der Waals surface area (Å²) in [6, 6.07) is 12.3. The molecule has 2 heterocycles. The van der Waals surface area contributed by atoms with E-state index >= 15 is 0 Å². The molecule has 6 nitrogen and oxygen atoms in total. The second kappa shape index (κ2) is 7.14. The minimum Gasteiger partial charge on any atom is -0.479 e. The largest absolute Gasteiger partial charge is 0.479 e. The van der Waals surface area contributed by atoms with Crippen LogP contribution >= 0.6 is 11.6 Å². The molecule has 0 spiro atoms. The first-order chi connectivity index (χ1) is 11.6. The third-order valence-electron chi connectivity index (χ3n) is 3.28. The molecule has 2 aromatic heterocycles. The molecule has 3 rings (SSSR count). The molecule has 0 radical (unpaired) electrons. The average Bonchev–Trinajstić information content (AvgIpc) is 3.11. The summed E-state index contributed by atoms with van der Waals surface area (Å²) in [6.45, 7) is 1.66. The molecule has 24 heavy (non-hydrogen) atoms. The fourth-order valence-electron chi connectivity index (χ4n) is 2.09. The molecular weight excluding hydrogens is 328 g/mol. The maximum Gasteiger partial charge on any atom is 0.265 e. The van der Waals surface area contributed by atoms with Crippen LogP contribution in [0, 0.1) is 0 Å². The zero-order valence-electron chi connectivity index (χ0n) is 12.9. The number of amides is 1. The van der Waals surface area contributed by atoms with Crippen molar-refractivity contribution in [2.75, 3.05) is 5.32 Å². The van der Waals surface area contributed by atoms with Crippen LogP contribution in [0.4, 0.5) is 5.69 Å². The first-order valence-corrected chi connectivity index (χ1v) is 7.70. The van der Waals surface area contributed by atoms with Crippen LogP contribution in [0.2, 0.25) is 5.02 Å². The summed E-state index contributed by atoms with van der Waals surface area (Å²) in [6.07, 6.45) is 4.30. The highest BCUT2D eigenvalue weighted by Crippen LogP contribution is 2.24. The van der Waals surface area contributed by atoms with E-state index in [-0.39, 0.29) is 5.91 Å². The molecule has 0 bridgehead atoms. The Bertz CT molecular complexity index is 836. The van der Waals surface area contributed by atoms with Crippen LogP contribution in [-0.2, 0) is 4.79 Å². The van der Waals surface area contributed by atoms with Crippen molar-refractivity contribution < 1.29 is 9.53 Å².